The third-order valence-electron chi connectivity index (χ3n) is 5.27. The molecule has 174 valence electrons. The van der Waals surface area contributed by atoms with Crippen LogP contribution < -0.4 is 14.8 Å². The zero-order chi connectivity index (χ0) is 23.9. The van der Waals surface area contributed by atoms with E-state index in [1.807, 2.05) is 54.6 Å². The van der Waals surface area contributed by atoms with Crippen molar-refractivity contribution in [1.82, 2.24) is 4.90 Å². The van der Waals surface area contributed by atoms with Gasteiger partial charge in [0.15, 0.2) is 5.17 Å². The molecule has 0 aromatic heterocycles. The van der Waals surface area contributed by atoms with Crippen molar-refractivity contribution in [1.29, 1.82) is 0 Å². The van der Waals surface area contributed by atoms with Gasteiger partial charge < -0.3 is 14.8 Å². The lowest BCUT2D eigenvalue weighted by atomic mass is 10.2. The Morgan fingerprint density at radius 2 is 1.59 bits per heavy atom. The van der Waals surface area contributed by atoms with E-state index in [9.17, 15) is 9.59 Å². The molecule has 1 atom stereocenters. The Balaban J connectivity index is 1.57. The molecule has 1 fully saturated rings. The summed E-state index contributed by atoms with van der Waals surface area (Å²) in [5.41, 5.74) is 2.30. The van der Waals surface area contributed by atoms with Crippen LogP contribution in [0.3, 0.4) is 0 Å². The average Bonchev–Trinajstić information content (AvgIpc) is 2.87. The molecule has 0 unspecified atom stereocenters. The first kappa shape index (κ1) is 23.4. The fraction of sp³-hybridized carbons (Fsp3) is 0.192. The molecule has 0 radical (unpaired) electrons. The molecule has 1 heterocycles. The zero-order valence-corrected chi connectivity index (χ0v) is 19.7. The van der Waals surface area contributed by atoms with E-state index < -0.39 is 5.25 Å². The Labute approximate surface area is 202 Å². The van der Waals surface area contributed by atoms with Gasteiger partial charge in [0.1, 0.15) is 16.7 Å². The Kier molecular flexibility index (Phi) is 7.49. The molecular formula is C26H25N3O4S. The standard InChI is InChI=1S/C26H25N3O4S/c1-32-21-12-8-19(9-13-21)27-25(31)23-16-24(30)29(17-18-6-4-3-5-7-18)26(34-23)28-20-10-14-22(33-2)15-11-20/h3-15,23H,16-17H2,1-2H3,(H,27,31)/t23-/m0/s1. The van der Waals surface area contributed by atoms with Gasteiger partial charge in [0.2, 0.25) is 11.8 Å². The minimum Gasteiger partial charge on any atom is -0.497 e. The van der Waals surface area contributed by atoms with Crippen LogP contribution in [-0.2, 0) is 16.1 Å². The van der Waals surface area contributed by atoms with Crippen molar-refractivity contribution in [2.75, 3.05) is 19.5 Å². The molecule has 1 saturated heterocycles. The van der Waals surface area contributed by atoms with Gasteiger partial charge in [0.05, 0.1) is 26.5 Å². The Hall–Kier alpha value is -3.78. The normalized spacial score (nSPS) is 16.9. The van der Waals surface area contributed by atoms with E-state index in [1.165, 1.54) is 11.8 Å². The molecule has 34 heavy (non-hydrogen) atoms. The van der Waals surface area contributed by atoms with E-state index in [4.69, 9.17) is 14.5 Å². The molecule has 1 aliphatic heterocycles. The number of carbonyl (C=O) groups is 2. The van der Waals surface area contributed by atoms with E-state index in [2.05, 4.69) is 5.32 Å². The third-order valence-corrected chi connectivity index (χ3v) is 6.46. The maximum Gasteiger partial charge on any atom is 0.238 e. The largest absolute Gasteiger partial charge is 0.497 e. The molecule has 0 aliphatic carbocycles. The number of hydrogen-bond acceptors (Lipinski definition) is 6. The summed E-state index contributed by atoms with van der Waals surface area (Å²) in [6.07, 6.45) is 0.0844. The number of thioether (sulfide) groups is 1. The maximum atomic E-state index is 13.2. The van der Waals surface area contributed by atoms with Crippen LogP contribution in [0.25, 0.3) is 0 Å². The average molecular weight is 476 g/mol. The highest BCUT2D eigenvalue weighted by atomic mass is 32.2. The summed E-state index contributed by atoms with van der Waals surface area (Å²) in [6, 6.07) is 24.1. The summed E-state index contributed by atoms with van der Waals surface area (Å²) >= 11 is 1.29. The second-order valence-corrected chi connectivity index (χ2v) is 8.76. The fourth-order valence-corrected chi connectivity index (χ4v) is 4.53. The van der Waals surface area contributed by atoms with Crippen LogP contribution in [0, 0.1) is 0 Å². The van der Waals surface area contributed by atoms with Crippen molar-refractivity contribution in [2.45, 2.75) is 18.2 Å². The van der Waals surface area contributed by atoms with Crippen LogP contribution in [0.4, 0.5) is 11.4 Å². The molecule has 7 nitrogen and oxygen atoms in total. The lowest BCUT2D eigenvalue weighted by Crippen LogP contribution is -2.44. The lowest BCUT2D eigenvalue weighted by Gasteiger charge is -2.32. The molecule has 0 spiro atoms. The number of ether oxygens (including phenoxy) is 2. The number of aliphatic imine (C=N–C) groups is 1. The predicted molar refractivity (Wildman–Crippen MR) is 135 cm³/mol. The Bertz CT molecular complexity index is 1160. The molecule has 3 aromatic rings. The number of benzene rings is 3. The SMILES string of the molecule is COc1ccc(N=C2S[C@H](C(=O)Nc3ccc(OC)cc3)CC(=O)N2Cc2ccccc2)cc1. The van der Waals surface area contributed by atoms with Crippen molar-refractivity contribution in [3.63, 3.8) is 0 Å². The number of nitrogens with one attached hydrogen (secondary N) is 1. The van der Waals surface area contributed by atoms with Gasteiger partial charge in [0.25, 0.3) is 0 Å². The molecule has 3 aromatic carbocycles. The molecule has 1 N–H and O–H groups in total. The summed E-state index contributed by atoms with van der Waals surface area (Å²) in [7, 11) is 3.19. The minimum atomic E-state index is -0.598. The highest BCUT2D eigenvalue weighted by Crippen LogP contribution is 2.31. The monoisotopic (exact) mass is 475 g/mol. The van der Waals surface area contributed by atoms with Gasteiger partial charge in [-0.1, -0.05) is 42.1 Å². The van der Waals surface area contributed by atoms with E-state index >= 15 is 0 Å². The number of amides is 2. The predicted octanol–water partition coefficient (Wildman–Crippen LogP) is 4.86. The number of nitrogens with zero attached hydrogens (tertiary/aromatic N) is 2. The van der Waals surface area contributed by atoms with Crippen molar-refractivity contribution in [3.05, 3.63) is 84.4 Å². The maximum absolute atomic E-state index is 13.2. The second kappa shape index (κ2) is 10.9. The number of methoxy groups -OCH3 is 2. The van der Waals surface area contributed by atoms with E-state index in [1.54, 1.807) is 43.4 Å². The molecule has 0 saturated carbocycles. The van der Waals surface area contributed by atoms with Gasteiger partial charge in [-0.3, -0.25) is 14.5 Å². The summed E-state index contributed by atoms with van der Waals surface area (Å²) in [4.78, 5) is 32.5. The first-order valence-electron chi connectivity index (χ1n) is 10.7. The molecule has 1 aliphatic rings. The Morgan fingerprint density at radius 3 is 2.21 bits per heavy atom. The fourth-order valence-electron chi connectivity index (χ4n) is 3.43. The van der Waals surface area contributed by atoms with Gasteiger partial charge in [-0.25, -0.2) is 4.99 Å². The smallest absolute Gasteiger partial charge is 0.238 e. The number of hydrogen-bond donors (Lipinski definition) is 1. The highest BCUT2D eigenvalue weighted by molar-refractivity contribution is 8.15. The van der Waals surface area contributed by atoms with Gasteiger partial charge in [0, 0.05) is 12.1 Å². The third kappa shape index (κ3) is 5.77. The van der Waals surface area contributed by atoms with Crippen LogP contribution >= 0.6 is 11.8 Å². The summed E-state index contributed by atoms with van der Waals surface area (Å²) in [6.45, 7) is 0.383. The lowest BCUT2D eigenvalue weighted by molar-refractivity contribution is -0.129. The highest BCUT2D eigenvalue weighted by Gasteiger charge is 2.36. The minimum absolute atomic E-state index is 0.0844. The van der Waals surface area contributed by atoms with E-state index in [-0.39, 0.29) is 18.2 Å². The molecule has 8 heteroatoms. The zero-order valence-electron chi connectivity index (χ0n) is 18.9. The van der Waals surface area contributed by atoms with Crippen molar-refractivity contribution in [3.8, 4) is 11.5 Å². The van der Waals surface area contributed by atoms with Crippen LogP contribution in [0.1, 0.15) is 12.0 Å². The van der Waals surface area contributed by atoms with E-state index in [0.717, 1.165) is 5.56 Å². The summed E-state index contributed by atoms with van der Waals surface area (Å²) < 4.78 is 10.4. The first-order valence-corrected chi connectivity index (χ1v) is 11.6. The van der Waals surface area contributed by atoms with Gasteiger partial charge in [-0.15, -0.1) is 0 Å². The summed E-state index contributed by atoms with van der Waals surface area (Å²) in [5, 5.41) is 2.78. The topological polar surface area (TPSA) is 80.2 Å². The van der Waals surface area contributed by atoms with Gasteiger partial charge in [-0.2, -0.15) is 0 Å². The molecule has 2 amide bonds. The Morgan fingerprint density at radius 1 is 0.971 bits per heavy atom. The van der Waals surface area contributed by atoms with Crippen molar-refractivity contribution in [2.24, 2.45) is 4.99 Å². The number of amidine groups is 1. The second-order valence-electron chi connectivity index (χ2n) is 7.59. The van der Waals surface area contributed by atoms with Crippen molar-refractivity contribution < 1.29 is 19.1 Å². The number of rotatable bonds is 7. The van der Waals surface area contributed by atoms with Crippen LogP contribution in [0.15, 0.2) is 83.9 Å². The van der Waals surface area contributed by atoms with Gasteiger partial charge in [-0.05, 0) is 54.1 Å². The molecule has 4 rings (SSSR count). The van der Waals surface area contributed by atoms with Crippen LogP contribution in [-0.4, -0.2) is 41.4 Å². The summed E-state index contributed by atoms with van der Waals surface area (Å²) in [5.74, 6) is 1.02. The van der Waals surface area contributed by atoms with Gasteiger partial charge >= 0.3 is 0 Å². The molecule has 0 bridgehead atoms. The number of anilines is 1. The quantitative estimate of drug-likeness (QED) is 0.528. The van der Waals surface area contributed by atoms with Crippen LogP contribution in [0.2, 0.25) is 0 Å². The first-order chi connectivity index (χ1) is 16.6. The van der Waals surface area contributed by atoms with Crippen molar-refractivity contribution >= 4 is 40.1 Å². The molecular weight excluding hydrogens is 450 g/mol. The van der Waals surface area contributed by atoms with Crippen LogP contribution in [0.5, 0.6) is 11.5 Å². The number of carbonyl (C=O) groups excluding carboxylic acids is 2. The van der Waals surface area contributed by atoms with E-state index in [0.29, 0.717) is 34.6 Å².